The van der Waals surface area contributed by atoms with Crippen molar-refractivity contribution in [3.63, 3.8) is 0 Å². The Balaban J connectivity index is 1.81. The van der Waals surface area contributed by atoms with E-state index in [1.165, 1.54) is 4.90 Å². The Morgan fingerprint density at radius 1 is 1.10 bits per heavy atom. The fourth-order valence-electron chi connectivity index (χ4n) is 4.31. The number of carbonyl (C=O) groups is 3. The van der Waals surface area contributed by atoms with E-state index in [1.54, 1.807) is 60.5 Å². The highest BCUT2D eigenvalue weighted by molar-refractivity contribution is 6.18. The van der Waals surface area contributed by atoms with E-state index < -0.39 is 11.6 Å². The fourth-order valence-corrected chi connectivity index (χ4v) is 4.31. The summed E-state index contributed by atoms with van der Waals surface area (Å²) in [4.78, 5) is 42.9. The van der Waals surface area contributed by atoms with Gasteiger partial charge in [0.05, 0.1) is 18.4 Å². The first-order chi connectivity index (χ1) is 13.9. The molecule has 1 N–H and O–H groups in total. The highest BCUT2D eigenvalue weighted by Gasteiger charge is 2.61. The molecule has 150 valence electrons. The van der Waals surface area contributed by atoms with Crippen LogP contribution >= 0.6 is 0 Å². The topological polar surface area (TPSA) is 79.0 Å². The summed E-state index contributed by atoms with van der Waals surface area (Å²) in [5.41, 5.74) is 0.0990. The number of anilines is 2. The smallest absolute Gasteiger partial charge is 0.271 e. The van der Waals surface area contributed by atoms with Gasteiger partial charge in [0.15, 0.2) is 0 Å². The number of para-hydroxylation sites is 1. The SMILES string of the molecule is COc1ccc(NC(=O)[C@]23CCC(=O)N2c2ccccc2C(=O)N3C(C)C)cc1. The van der Waals surface area contributed by atoms with E-state index in [0.717, 1.165) is 0 Å². The molecule has 0 spiro atoms. The average Bonchev–Trinajstić information content (AvgIpc) is 3.07. The van der Waals surface area contributed by atoms with Gasteiger partial charge in [0, 0.05) is 24.6 Å². The quantitative estimate of drug-likeness (QED) is 0.866. The minimum Gasteiger partial charge on any atom is -0.497 e. The van der Waals surface area contributed by atoms with E-state index in [2.05, 4.69) is 5.32 Å². The third kappa shape index (κ3) is 2.76. The molecule has 0 saturated carbocycles. The molecule has 29 heavy (non-hydrogen) atoms. The number of fused-ring (bicyclic) bond motifs is 3. The van der Waals surface area contributed by atoms with Crippen molar-refractivity contribution in [3.05, 3.63) is 54.1 Å². The number of hydrogen-bond donors (Lipinski definition) is 1. The molecule has 2 heterocycles. The maximum absolute atomic E-state index is 13.6. The van der Waals surface area contributed by atoms with E-state index in [1.807, 2.05) is 13.8 Å². The van der Waals surface area contributed by atoms with Crippen LogP contribution in [0.4, 0.5) is 11.4 Å². The lowest BCUT2D eigenvalue weighted by Gasteiger charge is -2.50. The van der Waals surface area contributed by atoms with Gasteiger partial charge in [0.2, 0.25) is 11.6 Å². The first kappa shape index (κ1) is 19.0. The van der Waals surface area contributed by atoms with E-state index in [4.69, 9.17) is 4.74 Å². The van der Waals surface area contributed by atoms with Crippen molar-refractivity contribution >= 4 is 29.1 Å². The minimum absolute atomic E-state index is 0.166. The number of ether oxygens (including phenoxy) is 1. The van der Waals surface area contributed by atoms with Crippen molar-refractivity contribution in [1.29, 1.82) is 0 Å². The van der Waals surface area contributed by atoms with E-state index >= 15 is 0 Å². The van der Waals surface area contributed by atoms with Crippen LogP contribution in [0, 0.1) is 0 Å². The van der Waals surface area contributed by atoms with Gasteiger partial charge in [0.1, 0.15) is 5.75 Å². The van der Waals surface area contributed by atoms with Crippen LogP contribution in [0.15, 0.2) is 48.5 Å². The van der Waals surface area contributed by atoms with Gasteiger partial charge in [-0.1, -0.05) is 12.1 Å². The second-order valence-electron chi connectivity index (χ2n) is 7.51. The molecule has 2 aliphatic rings. The van der Waals surface area contributed by atoms with Crippen molar-refractivity contribution < 1.29 is 19.1 Å². The Hall–Kier alpha value is -3.35. The summed E-state index contributed by atoms with van der Waals surface area (Å²) >= 11 is 0. The number of amides is 3. The van der Waals surface area contributed by atoms with Crippen LogP contribution in [-0.4, -0.2) is 41.4 Å². The number of nitrogens with one attached hydrogen (secondary N) is 1. The van der Waals surface area contributed by atoms with Crippen molar-refractivity contribution in [3.8, 4) is 5.75 Å². The Bertz CT molecular complexity index is 986. The van der Waals surface area contributed by atoms with E-state index in [9.17, 15) is 14.4 Å². The first-order valence-electron chi connectivity index (χ1n) is 9.61. The summed E-state index contributed by atoms with van der Waals surface area (Å²) < 4.78 is 5.16. The zero-order chi connectivity index (χ0) is 20.8. The molecule has 2 aromatic rings. The Morgan fingerprint density at radius 3 is 2.45 bits per heavy atom. The fraction of sp³-hybridized carbons (Fsp3) is 0.318. The van der Waals surface area contributed by atoms with Crippen molar-refractivity contribution in [2.24, 2.45) is 0 Å². The summed E-state index contributed by atoms with van der Waals surface area (Å²) in [6, 6.07) is 13.6. The molecular weight excluding hydrogens is 370 g/mol. The lowest BCUT2D eigenvalue weighted by Crippen LogP contribution is -2.70. The summed E-state index contributed by atoms with van der Waals surface area (Å²) in [6.45, 7) is 3.71. The van der Waals surface area contributed by atoms with Gasteiger partial charge in [-0.3, -0.25) is 19.3 Å². The zero-order valence-corrected chi connectivity index (χ0v) is 16.6. The highest BCUT2D eigenvalue weighted by Crippen LogP contribution is 2.45. The van der Waals surface area contributed by atoms with Crippen LogP contribution in [0.3, 0.4) is 0 Å². The molecule has 2 aromatic carbocycles. The molecule has 0 radical (unpaired) electrons. The van der Waals surface area contributed by atoms with Gasteiger partial charge in [-0.15, -0.1) is 0 Å². The molecule has 1 atom stereocenters. The standard InChI is InChI=1S/C22H23N3O4/c1-14(2)24-20(27)17-6-4-5-7-18(17)25-19(26)12-13-22(24,25)21(28)23-15-8-10-16(29-3)11-9-15/h4-11,14H,12-13H2,1-3H3,(H,23,28)/t22-/m0/s1. The van der Waals surface area contributed by atoms with Crippen molar-refractivity contribution in [2.75, 3.05) is 17.3 Å². The Kier molecular flexibility index (Phi) is 4.53. The third-order valence-corrected chi connectivity index (χ3v) is 5.53. The summed E-state index contributed by atoms with van der Waals surface area (Å²) in [5.74, 6) is -0.138. The van der Waals surface area contributed by atoms with Crippen LogP contribution in [0.1, 0.15) is 37.0 Å². The van der Waals surface area contributed by atoms with Gasteiger partial charge in [-0.25, -0.2) is 0 Å². The second kappa shape index (κ2) is 6.92. The van der Waals surface area contributed by atoms with Gasteiger partial charge in [0.25, 0.3) is 11.8 Å². The van der Waals surface area contributed by atoms with E-state index in [-0.39, 0.29) is 30.7 Å². The largest absolute Gasteiger partial charge is 0.497 e. The van der Waals surface area contributed by atoms with Gasteiger partial charge in [-0.05, 0) is 50.2 Å². The first-order valence-corrected chi connectivity index (χ1v) is 9.61. The molecule has 4 rings (SSSR count). The normalized spacial score (nSPS) is 20.6. The van der Waals surface area contributed by atoms with Gasteiger partial charge >= 0.3 is 0 Å². The third-order valence-electron chi connectivity index (χ3n) is 5.53. The number of rotatable bonds is 4. The monoisotopic (exact) mass is 393 g/mol. The molecule has 1 fully saturated rings. The maximum Gasteiger partial charge on any atom is 0.271 e. The predicted octanol–water partition coefficient (Wildman–Crippen LogP) is 3.02. The molecule has 1 saturated heterocycles. The van der Waals surface area contributed by atoms with Crippen molar-refractivity contribution in [2.45, 2.75) is 38.4 Å². The van der Waals surface area contributed by atoms with Crippen LogP contribution < -0.4 is 15.0 Å². The summed E-state index contributed by atoms with van der Waals surface area (Å²) in [6.07, 6.45) is 0.437. The van der Waals surface area contributed by atoms with Crippen molar-refractivity contribution in [1.82, 2.24) is 4.90 Å². The Morgan fingerprint density at radius 2 is 1.79 bits per heavy atom. The molecule has 0 bridgehead atoms. The maximum atomic E-state index is 13.6. The van der Waals surface area contributed by atoms with Crippen LogP contribution in [0.2, 0.25) is 0 Å². The number of benzene rings is 2. The second-order valence-corrected chi connectivity index (χ2v) is 7.51. The predicted molar refractivity (Wildman–Crippen MR) is 109 cm³/mol. The van der Waals surface area contributed by atoms with Gasteiger partial charge < -0.3 is 15.0 Å². The molecule has 2 aliphatic heterocycles. The molecule has 0 aromatic heterocycles. The Labute approximate surface area is 169 Å². The molecule has 7 heteroatoms. The molecular formula is C22H23N3O4. The summed E-state index contributed by atoms with van der Waals surface area (Å²) in [5, 5.41) is 2.90. The molecule has 0 unspecified atom stereocenters. The number of hydrogen-bond acceptors (Lipinski definition) is 4. The van der Waals surface area contributed by atoms with Gasteiger partial charge in [-0.2, -0.15) is 0 Å². The number of carbonyl (C=O) groups excluding carboxylic acids is 3. The zero-order valence-electron chi connectivity index (χ0n) is 16.6. The molecule has 0 aliphatic carbocycles. The lowest BCUT2D eigenvalue weighted by molar-refractivity contribution is -0.129. The average molecular weight is 393 g/mol. The van der Waals surface area contributed by atoms with E-state index in [0.29, 0.717) is 22.7 Å². The molecule has 3 amide bonds. The van der Waals surface area contributed by atoms with Crippen LogP contribution in [-0.2, 0) is 9.59 Å². The van der Waals surface area contributed by atoms with Crippen LogP contribution in [0.25, 0.3) is 0 Å². The molecule has 7 nitrogen and oxygen atoms in total. The summed E-state index contributed by atoms with van der Waals surface area (Å²) in [7, 11) is 1.57. The van der Waals surface area contributed by atoms with Crippen LogP contribution in [0.5, 0.6) is 5.75 Å². The lowest BCUT2D eigenvalue weighted by atomic mass is 9.94. The number of methoxy groups -OCH3 is 1. The number of nitrogens with zero attached hydrogens (tertiary/aromatic N) is 2. The highest BCUT2D eigenvalue weighted by atomic mass is 16.5. The minimum atomic E-state index is -1.39.